The second-order valence-corrected chi connectivity index (χ2v) is 7.32. The molecule has 2 aromatic carbocycles. The van der Waals surface area contributed by atoms with Crippen LogP contribution in [0.25, 0.3) is 0 Å². The van der Waals surface area contributed by atoms with Crippen molar-refractivity contribution in [2.24, 2.45) is 0 Å². The fourth-order valence-electron chi connectivity index (χ4n) is 2.97. The first-order valence-corrected chi connectivity index (χ1v) is 10.3. The van der Waals surface area contributed by atoms with Gasteiger partial charge in [0, 0.05) is 18.8 Å². The molecule has 0 spiro atoms. The Hall–Kier alpha value is -2.27. The third-order valence-corrected chi connectivity index (χ3v) is 5.05. The molecule has 0 heterocycles. The summed E-state index contributed by atoms with van der Waals surface area (Å²) in [5.41, 5.74) is 4.67. The monoisotopic (exact) mass is 400 g/mol. The summed E-state index contributed by atoms with van der Waals surface area (Å²) in [7, 11) is 1.68. The fourth-order valence-corrected chi connectivity index (χ4v) is 3.23. The van der Waals surface area contributed by atoms with Crippen LogP contribution < -0.4 is 14.8 Å². The van der Waals surface area contributed by atoms with Gasteiger partial charge in [-0.15, -0.1) is 0 Å². The molecule has 0 aliphatic rings. The molecule has 0 saturated carbocycles. The van der Waals surface area contributed by atoms with Crippen molar-refractivity contribution in [3.05, 3.63) is 53.1 Å². The number of rotatable bonds is 9. The molecular weight excluding hydrogens is 368 g/mol. The van der Waals surface area contributed by atoms with Crippen LogP contribution in [0.4, 0.5) is 5.69 Å². The molecule has 5 heteroatoms. The molecule has 0 amide bonds. The topological polar surface area (TPSA) is 33.7 Å². The average Bonchev–Trinajstić information content (AvgIpc) is 2.69. The van der Waals surface area contributed by atoms with Gasteiger partial charge in [-0.1, -0.05) is 32.0 Å². The number of benzene rings is 2. The third kappa shape index (κ3) is 5.86. The summed E-state index contributed by atoms with van der Waals surface area (Å²) in [5.74, 6) is 1.54. The van der Waals surface area contributed by atoms with Crippen molar-refractivity contribution in [3.8, 4) is 11.5 Å². The van der Waals surface area contributed by atoms with Crippen molar-refractivity contribution < 1.29 is 9.47 Å². The minimum Gasteiger partial charge on any atom is -0.493 e. The van der Waals surface area contributed by atoms with Gasteiger partial charge in [0.15, 0.2) is 16.6 Å². The van der Waals surface area contributed by atoms with E-state index in [1.807, 2.05) is 12.1 Å². The van der Waals surface area contributed by atoms with Gasteiger partial charge >= 0.3 is 0 Å². The second-order valence-electron chi connectivity index (χ2n) is 6.93. The molecule has 0 aliphatic heterocycles. The van der Waals surface area contributed by atoms with Crippen molar-refractivity contribution in [1.82, 2.24) is 4.90 Å². The van der Waals surface area contributed by atoms with Crippen molar-refractivity contribution in [2.45, 2.75) is 47.1 Å². The lowest BCUT2D eigenvalue weighted by molar-refractivity contribution is 0.293. The first-order valence-electron chi connectivity index (χ1n) is 9.92. The SMILES string of the molecule is CCCOc1ccc(CN(CCC)C(=S)Nc2cccc(C)c2C)cc1OC. The third-order valence-electron chi connectivity index (χ3n) is 4.69. The highest BCUT2D eigenvalue weighted by Crippen LogP contribution is 2.29. The summed E-state index contributed by atoms with van der Waals surface area (Å²) in [5, 5.41) is 4.16. The molecule has 4 nitrogen and oxygen atoms in total. The Balaban J connectivity index is 2.15. The lowest BCUT2D eigenvalue weighted by Crippen LogP contribution is -2.35. The number of thiocarbonyl (C=S) groups is 1. The lowest BCUT2D eigenvalue weighted by Gasteiger charge is -2.26. The van der Waals surface area contributed by atoms with Gasteiger partial charge in [0.1, 0.15) is 0 Å². The van der Waals surface area contributed by atoms with Crippen molar-refractivity contribution in [1.29, 1.82) is 0 Å². The number of aryl methyl sites for hydroxylation is 1. The van der Waals surface area contributed by atoms with Gasteiger partial charge in [0.05, 0.1) is 13.7 Å². The van der Waals surface area contributed by atoms with E-state index in [4.69, 9.17) is 21.7 Å². The van der Waals surface area contributed by atoms with Gasteiger partial charge in [0.25, 0.3) is 0 Å². The van der Waals surface area contributed by atoms with Crippen molar-refractivity contribution >= 4 is 23.0 Å². The maximum absolute atomic E-state index is 5.76. The molecule has 0 aliphatic carbocycles. The van der Waals surface area contributed by atoms with E-state index >= 15 is 0 Å². The zero-order valence-electron chi connectivity index (χ0n) is 17.7. The molecular formula is C23H32N2O2S. The highest BCUT2D eigenvalue weighted by molar-refractivity contribution is 7.80. The second kappa shape index (κ2) is 10.9. The van der Waals surface area contributed by atoms with Gasteiger partial charge in [-0.3, -0.25) is 0 Å². The molecule has 152 valence electrons. The Morgan fingerprint density at radius 2 is 1.86 bits per heavy atom. The smallest absolute Gasteiger partial charge is 0.173 e. The maximum Gasteiger partial charge on any atom is 0.173 e. The first-order chi connectivity index (χ1) is 13.5. The van der Waals surface area contributed by atoms with Crippen LogP contribution >= 0.6 is 12.2 Å². The lowest BCUT2D eigenvalue weighted by atomic mass is 10.1. The van der Waals surface area contributed by atoms with Crippen LogP contribution in [-0.4, -0.2) is 30.3 Å². The van der Waals surface area contributed by atoms with Gasteiger partial charge in [0.2, 0.25) is 0 Å². The molecule has 1 N–H and O–H groups in total. The Labute approximate surface area is 174 Å². The standard InChI is InChI=1S/C23H32N2O2S/c1-6-13-25(23(28)24-20-10-8-9-17(3)18(20)4)16-19-11-12-21(27-14-7-2)22(15-19)26-5/h8-12,15H,6-7,13-14,16H2,1-5H3,(H,24,28). The predicted molar refractivity (Wildman–Crippen MR) is 122 cm³/mol. The van der Waals surface area contributed by atoms with E-state index in [-0.39, 0.29) is 0 Å². The Morgan fingerprint density at radius 1 is 1.07 bits per heavy atom. The summed E-state index contributed by atoms with van der Waals surface area (Å²) in [6, 6.07) is 12.3. The van der Waals surface area contributed by atoms with Crippen LogP contribution in [0.1, 0.15) is 43.4 Å². The summed E-state index contributed by atoms with van der Waals surface area (Å²) in [6.45, 7) is 10.8. The number of methoxy groups -OCH3 is 1. The van der Waals surface area contributed by atoms with Gasteiger partial charge in [-0.25, -0.2) is 0 Å². The largest absolute Gasteiger partial charge is 0.493 e. The normalized spacial score (nSPS) is 10.5. The Kier molecular flexibility index (Phi) is 8.58. The molecule has 28 heavy (non-hydrogen) atoms. The van der Waals surface area contributed by atoms with E-state index in [0.29, 0.717) is 6.61 Å². The number of anilines is 1. The molecule has 2 aromatic rings. The number of hydrogen-bond acceptors (Lipinski definition) is 3. The van der Waals surface area contributed by atoms with Gasteiger partial charge in [-0.05, 0) is 73.8 Å². The number of ether oxygens (including phenoxy) is 2. The Bertz CT molecular complexity index is 792. The van der Waals surface area contributed by atoms with E-state index in [1.54, 1.807) is 7.11 Å². The highest BCUT2D eigenvalue weighted by atomic mass is 32.1. The molecule has 2 rings (SSSR count). The summed E-state index contributed by atoms with van der Waals surface area (Å²) in [4.78, 5) is 2.19. The number of hydrogen-bond donors (Lipinski definition) is 1. The molecule has 0 unspecified atom stereocenters. The van der Waals surface area contributed by atoms with Crippen LogP contribution in [-0.2, 0) is 6.54 Å². The van der Waals surface area contributed by atoms with E-state index < -0.39 is 0 Å². The van der Waals surface area contributed by atoms with Crippen LogP contribution in [0.3, 0.4) is 0 Å². The van der Waals surface area contributed by atoms with Crippen LogP contribution in [0.2, 0.25) is 0 Å². The molecule has 0 atom stereocenters. The molecule has 0 saturated heterocycles. The van der Waals surface area contributed by atoms with Crippen molar-refractivity contribution in [3.63, 3.8) is 0 Å². The van der Waals surface area contributed by atoms with E-state index in [9.17, 15) is 0 Å². The minimum absolute atomic E-state index is 0.682. The fraction of sp³-hybridized carbons (Fsp3) is 0.435. The van der Waals surface area contributed by atoms with E-state index in [2.05, 4.69) is 62.2 Å². The average molecular weight is 401 g/mol. The maximum atomic E-state index is 5.76. The van der Waals surface area contributed by atoms with Gasteiger partial charge in [-0.2, -0.15) is 0 Å². The predicted octanol–water partition coefficient (Wildman–Crippen LogP) is 5.71. The summed E-state index contributed by atoms with van der Waals surface area (Å²) >= 11 is 5.73. The molecule has 0 radical (unpaired) electrons. The van der Waals surface area contributed by atoms with Crippen LogP contribution in [0.5, 0.6) is 11.5 Å². The van der Waals surface area contributed by atoms with E-state index in [1.165, 1.54) is 11.1 Å². The van der Waals surface area contributed by atoms with E-state index in [0.717, 1.165) is 53.8 Å². The highest BCUT2D eigenvalue weighted by Gasteiger charge is 2.13. The minimum atomic E-state index is 0.682. The van der Waals surface area contributed by atoms with Crippen LogP contribution in [0, 0.1) is 13.8 Å². The number of nitrogens with one attached hydrogen (secondary N) is 1. The Morgan fingerprint density at radius 3 is 2.54 bits per heavy atom. The molecule has 0 bridgehead atoms. The molecule has 0 fully saturated rings. The number of nitrogens with zero attached hydrogens (tertiary/aromatic N) is 1. The van der Waals surface area contributed by atoms with Crippen LogP contribution in [0.15, 0.2) is 36.4 Å². The summed E-state index contributed by atoms with van der Waals surface area (Å²) in [6.07, 6.45) is 1.98. The quantitative estimate of drug-likeness (QED) is 0.545. The zero-order valence-corrected chi connectivity index (χ0v) is 18.5. The first kappa shape index (κ1) is 22.0. The zero-order chi connectivity index (χ0) is 20.5. The summed E-state index contributed by atoms with van der Waals surface area (Å²) < 4.78 is 11.3. The van der Waals surface area contributed by atoms with Crippen molar-refractivity contribution in [2.75, 3.05) is 25.6 Å². The molecule has 0 aromatic heterocycles. The van der Waals surface area contributed by atoms with Gasteiger partial charge < -0.3 is 19.7 Å².